The molecule has 0 spiro atoms. The summed E-state index contributed by atoms with van der Waals surface area (Å²) in [6, 6.07) is 16.0. The lowest BCUT2D eigenvalue weighted by molar-refractivity contribution is 0.0294. The van der Waals surface area contributed by atoms with Gasteiger partial charge in [-0.15, -0.1) is 23.8 Å². The van der Waals surface area contributed by atoms with Gasteiger partial charge in [0.15, 0.2) is 0 Å². The Labute approximate surface area is 231 Å². The third-order valence-corrected chi connectivity index (χ3v) is 7.89. The monoisotopic (exact) mass is 532 g/mol. The van der Waals surface area contributed by atoms with E-state index in [-0.39, 0.29) is 6.10 Å². The maximum atomic E-state index is 6.11. The Kier molecular flexibility index (Phi) is 11.8. The fourth-order valence-electron chi connectivity index (χ4n) is 4.77. The van der Waals surface area contributed by atoms with Crippen LogP contribution in [0.15, 0.2) is 48.5 Å². The normalized spacial score (nSPS) is 22.4. The van der Waals surface area contributed by atoms with E-state index in [2.05, 4.69) is 49.2 Å². The van der Waals surface area contributed by atoms with E-state index in [0.717, 1.165) is 36.3 Å². The smallest absolute Gasteiger partial charge is 0.129 e. The van der Waals surface area contributed by atoms with Crippen LogP contribution < -0.4 is 9.47 Å². The number of benzene rings is 2. The highest BCUT2D eigenvalue weighted by Crippen LogP contribution is 2.29. The molecule has 5 heteroatoms. The van der Waals surface area contributed by atoms with E-state index in [9.17, 15) is 0 Å². The Hall–Kier alpha value is -2.70. The van der Waals surface area contributed by atoms with Crippen LogP contribution in [0.2, 0.25) is 19.6 Å². The maximum Gasteiger partial charge on any atom is 0.129 e. The Morgan fingerprint density at radius 1 is 0.711 bits per heavy atom. The Balaban J connectivity index is 0.000000215. The van der Waals surface area contributed by atoms with E-state index in [1.165, 1.54) is 24.8 Å². The zero-order chi connectivity index (χ0) is 27.4. The van der Waals surface area contributed by atoms with Crippen LogP contribution in [0.3, 0.4) is 0 Å². The molecule has 0 aromatic heterocycles. The summed E-state index contributed by atoms with van der Waals surface area (Å²) in [4.78, 5) is 0. The number of hydrogen-bond donors (Lipinski definition) is 0. The van der Waals surface area contributed by atoms with Crippen LogP contribution >= 0.6 is 0 Å². The Bertz CT molecular complexity index is 1070. The third-order valence-electron chi connectivity index (χ3n) is 7.00. The molecule has 38 heavy (non-hydrogen) atoms. The van der Waals surface area contributed by atoms with E-state index in [1.54, 1.807) is 14.2 Å². The van der Waals surface area contributed by atoms with E-state index >= 15 is 0 Å². The van der Waals surface area contributed by atoms with Gasteiger partial charge in [0.1, 0.15) is 19.6 Å². The van der Waals surface area contributed by atoms with E-state index in [4.69, 9.17) is 25.4 Å². The lowest BCUT2D eigenvalue weighted by Gasteiger charge is -2.17. The molecule has 2 aromatic rings. The fraction of sp³-hybridized carbons (Fsp3) is 0.515. The summed E-state index contributed by atoms with van der Waals surface area (Å²) in [7, 11) is 2.07. The summed E-state index contributed by atoms with van der Waals surface area (Å²) in [5.74, 6) is 8.80. The molecule has 0 heterocycles. The van der Waals surface area contributed by atoms with Gasteiger partial charge in [-0.2, -0.15) is 0 Å². The van der Waals surface area contributed by atoms with Gasteiger partial charge >= 0.3 is 0 Å². The molecule has 2 fully saturated rings. The minimum Gasteiger partial charge on any atom is -0.497 e. The van der Waals surface area contributed by atoms with Crippen molar-refractivity contribution in [3.63, 3.8) is 0 Å². The van der Waals surface area contributed by atoms with Gasteiger partial charge in [0, 0.05) is 11.8 Å². The van der Waals surface area contributed by atoms with Gasteiger partial charge in [0.2, 0.25) is 0 Å². The first-order valence-electron chi connectivity index (χ1n) is 13.8. The minimum atomic E-state index is -1.28. The van der Waals surface area contributed by atoms with Gasteiger partial charge in [-0.3, -0.25) is 0 Å². The molecule has 204 valence electrons. The molecule has 0 radical (unpaired) electrons. The highest BCUT2D eigenvalue weighted by molar-refractivity contribution is 6.83. The molecule has 2 aliphatic carbocycles. The van der Waals surface area contributed by atoms with E-state index < -0.39 is 8.07 Å². The van der Waals surface area contributed by atoms with Crippen LogP contribution in [0.4, 0.5) is 0 Å². The van der Waals surface area contributed by atoms with Crippen molar-refractivity contribution in [3.05, 3.63) is 59.7 Å². The first kappa shape index (κ1) is 29.8. The second-order valence-electron chi connectivity index (χ2n) is 11.2. The molecule has 0 aliphatic heterocycles. The number of terminal acetylenes is 1. The molecule has 0 bridgehead atoms. The largest absolute Gasteiger partial charge is 0.497 e. The van der Waals surface area contributed by atoms with Gasteiger partial charge in [0.25, 0.3) is 0 Å². The molecule has 2 aliphatic rings. The van der Waals surface area contributed by atoms with Gasteiger partial charge in [0.05, 0.1) is 39.6 Å². The van der Waals surface area contributed by atoms with E-state index in [0.29, 0.717) is 31.2 Å². The van der Waals surface area contributed by atoms with Crippen molar-refractivity contribution in [1.82, 2.24) is 0 Å². The number of rotatable bonds is 8. The summed E-state index contributed by atoms with van der Waals surface area (Å²) < 4.78 is 22.3. The summed E-state index contributed by atoms with van der Waals surface area (Å²) in [6.07, 6.45) is 13.0. The molecule has 4 nitrogen and oxygen atoms in total. The minimum absolute atomic E-state index is 0.238. The fourth-order valence-corrected chi connectivity index (χ4v) is 5.38. The third kappa shape index (κ3) is 9.88. The molecule has 0 amide bonds. The predicted octanol–water partition coefficient (Wildman–Crippen LogP) is 7.28. The van der Waals surface area contributed by atoms with Crippen molar-refractivity contribution in [2.45, 2.75) is 83.6 Å². The van der Waals surface area contributed by atoms with Crippen molar-refractivity contribution in [2.75, 3.05) is 14.2 Å². The second kappa shape index (κ2) is 15.0. The quantitative estimate of drug-likeness (QED) is 0.265. The summed E-state index contributed by atoms with van der Waals surface area (Å²) in [5, 5.41) is 0. The van der Waals surface area contributed by atoms with Gasteiger partial charge in [-0.1, -0.05) is 43.9 Å². The zero-order valence-electron chi connectivity index (χ0n) is 23.8. The van der Waals surface area contributed by atoms with Crippen LogP contribution in [0.1, 0.15) is 49.7 Å². The number of methoxy groups -OCH3 is 2. The van der Waals surface area contributed by atoms with E-state index in [1.807, 2.05) is 36.4 Å². The van der Waals surface area contributed by atoms with Gasteiger partial charge in [-0.25, -0.2) is 0 Å². The summed E-state index contributed by atoms with van der Waals surface area (Å²) in [5.41, 5.74) is 5.85. The predicted molar refractivity (Wildman–Crippen MR) is 158 cm³/mol. The summed E-state index contributed by atoms with van der Waals surface area (Å²) >= 11 is 0. The van der Waals surface area contributed by atoms with Crippen LogP contribution in [0.25, 0.3) is 0 Å². The molecule has 2 saturated carbocycles. The van der Waals surface area contributed by atoms with Crippen LogP contribution in [-0.4, -0.2) is 34.5 Å². The SMILES string of the molecule is C#CC1CCC[C@H]1OCc1ccc(OC)cc1.COc1ccc(CO[C@@H]2CCCC2C#C[Si](C)(C)C)cc1. The Morgan fingerprint density at radius 2 is 1.16 bits per heavy atom. The highest BCUT2D eigenvalue weighted by Gasteiger charge is 2.27. The van der Waals surface area contributed by atoms with Crippen molar-refractivity contribution < 1.29 is 18.9 Å². The van der Waals surface area contributed by atoms with Crippen LogP contribution in [0, 0.1) is 35.6 Å². The van der Waals surface area contributed by atoms with Crippen molar-refractivity contribution in [3.8, 4) is 35.3 Å². The van der Waals surface area contributed by atoms with Gasteiger partial charge < -0.3 is 18.9 Å². The lowest BCUT2D eigenvalue weighted by atomic mass is 10.1. The van der Waals surface area contributed by atoms with Crippen molar-refractivity contribution in [2.24, 2.45) is 11.8 Å². The highest BCUT2D eigenvalue weighted by atomic mass is 28.3. The average molecular weight is 533 g/mol. The topological polar surface area (TPSA) is 36.9 Å². The van der Waals surface area contributed by atoms with Crippen molar-refractivity contribution >= 4 is 8.07 Å². The maximum absolute atomic E-state index is 6.11. The average Bonchev–Trinajstić information content (AvgIpc) is 3.59. The standard InChI is InChI=1S/C18H26O2Si.C15H18O2/c1-19-17-10-8-15(9-11-17)14-20-18-7-5-6-16(18)12-13-21(2,3)4;1-3-13-5-4-6-15(13)17-11-12-7-9-14(16-2)10-8-12/h8-11,16,18H,5-7,14H2,1-4H3;1,7-10,13,15H,4-6,11H2,2H3/t16?,18-;13?,15-/m11/s1. The second-order valence-corrected chi connectivity index (χ2v) is 15.9. The molecular formula is C33H44O4Si. The van der Waals surface area contributed by atoms with Crippen LogP contribution in [0.5, 0.6) is 11.5 Å². The molecule has 4 atom stereocenters. The number of ether oxygens (including phenoxy) is 4. The first-order valence-corrected chi connectivity index (χ1v) is 17.3. The summed E-state index contributed by atoms with van der Waals surface area (Å²) in [6.45, 7) is 8.18. The zero-order valence-corrected chi connectivity index (χ0v) is 24.8. The lowest BCUT2D eigenvalue weighted by Crippen LogP contribution is -2.20. The molecule has 2 aromatic carbocycles. The molecule has 0 saturated heterocycles. The Morgan fingerprint density at radius 3 is 1.58 bits per heavy atom. The molecule has 0 N–H and O–H groups in total. The number of hydrogen-bond acceptors (Lipinski definition) is 4. The molecule has 2 unspecified atom stereocenters. The van der Waals surface area contributed by atoms with Crippen molar-refractivity contribution in [1.29, 1.82) is 0 Å². The first-order chi connectivity index (χ1) is 18.3. The molecule has 4 rings (SSSR count). The van der Waals surface area contributed by atoms with Gasteiger partial charge in [-0.05, 0) is 73.9 Å². The molecular weight excluding hydrogens is 488 g/mol. The van der Waals surface area contributed by atoms with Crippen LogP contribution in [-0.2, 0) is 22.7 Å².